The minimum Gasteiger partial charge on any atom is -0.455 e. The molecule has 10 nitrogen and oxygen atoms in total. The van der Waals surface area contributed by atoms with Crippen LogP contribution in [0.4, 0.5) is 11.5 Å². The Hall–Kier alpha value is -2.62. The highest BCUT2D eigenvalue weighted by molar-refractivity contribution is 5.97. The van der Waals surface area contributed by atoms with E-state index in [2.05, 4.69) is 4.98 Å². The van der Waals surface area contributed by atoms with Gasteiger partial charge in [-0.2, -0.15) is 0 Å². The third kappa shape index (κ3) is 5.00. The Balaban J connectivity index is 2.30. The normalized spacial score (nSPS) is 18.2. The Bertz CT molecular complexity index is 843. The first kappa shape index (κ1) is 21.7. The topological polar surface area (TPSA) is 137 Å². The Labute approximate surface area is 162 Å². The highest BCUT2D eigenvalue weighted by Gasteiger charge is 2.41. The van der Waals surface area contributed by atoms with Crippen molar-refractivity contribution in [2.45, 2.75) is 33.7 Å². The van der Waals surface area contributed by atoms with Gasteiger partial charge in [-0.1, -0.05) is 20.8 Å². The molecule has 3 N–H and O–H groups in total. The van der Waals surface area contributed by atoms with Crippen molar-refractivity contribution in [2.75, 3.05) is 37.5 Å². The molecule has 0 aliphatic heterocycles. The fraction of sp³-hybridized carbons (Fsp3) is 0.667. The van der Waals surface area contributed by atoms with E-state index in [9.17, 15) is 19.2 Å². The van der Waals surface area contributed by atoms with Crippen molar-refractivity contribution in [1.82, 2.24) is 9.55 Å². The molecule has 0 unspecified atom stereocenters. The van der Waals surface area contributed by atoms with Gasteiger partial charge in [-0.25, -0.2) is 4.79 Å². The third-order valence-electron chi connectivity index (χ3n) is 4.60. The van der Waals surface area contributed by atoms with Gasteiger partial charge in [0.2, 0.25) is 0 Å². The van der Waals surface area contributed by atoms with Gasteiger partial charge in [0.1, 0.15) is 5.82 Å². The van der Waals surface area contributed by atoms with Crippen molar-refractivity contribution in [1.29, 1.82) is 0 Å². The molecule has 156 valence electrons. The summed E-state index contributed by atoms with van der Waals surface area (Å²) >= 11 is 0. The summed E-state index contributed by atoms with van der Waals surface area (Å²) < 4.78 is 11.3. The number of ether oxygens (including phenoxy) is 2. The molecule has 1 amide bonds. The van der Waals surface area contributed by atoms with Crippen molar-refractivity contribution in [3.63, 3.8) is 0 Å². The van der Waals surface area contributed by atoms with Gasteiger partial charge in [-0.15, -0.1) is 0 Å². The number of anilines is 2. The maximum Gasteiger partial charge on any atom is 0.330 e. The van der Waals surface area contributed by atoms with Crippen LogP contribution in [0, 0.1) is 17.8 Å². The molecular weight excluding hydrogens is 368 g/mol. The lowest BCUT2D eigenvalue weighted by atomic mass is 10.2. The number of hydrogen-bond acceptors (Lipinski definition) is 7. The molecule has 1 heterocycles. The lowest BCUT2D eigenvalue weighted by molar-refractivity contribution is -0.149. The van der Waals surface area contributed by atoms with Crippen molar-refractivity contribution >= 4 is 23.4 Å². The van der Waals surface area contributed by atoms with E-state index in [1.807, 2.05) is 20.8 Å². The third-order valence-corrected chi connectivity index (χ3v) is 4.60. The summed E-state index contributed by atoms with van der Waals surface area (Å²) in [5, 5.41) is 0. The van der Waals surface area contributed by atoms with Gasteiger partial charge in [0.25, 0.3) is 11.5 Å². The Kier molecular flexibility index (Phi) is 7.00. The van der Waals surface area contributed by atoms with Gasteiger partial charge >= 0.3 is 11.7 Å². The maximum atomic E-state index is 12.7. The average Bonchev–Trinajstić information content (AvgIpc) is 3.35. The number of methoxy groups -OCH3 is 1. The van der Waals surface area contributed by atoms with Crippen LogP contribution < -0.4 is 21.9 Å². The maximum absolute atomic E-state index is 12.7. The van der Waals surface area contributed by atoms with Gasteiger partial charge in [-0.05, 0) is 18.3 Å². The molecule has 0 bridgehead atoms. The second-order valence-electron chi connectivity index (χ2n) is 7.46. The number of nitrogen functional groups attached to an aromatic ring is 1. The lowest BCUT2D eigenvalue weighted by Gasteiger charge is -2.24. The molecular formula is C18H28N4O6. The largest absolute Gasteiger partial charge is 0.455 e. The van der Waals surface area contributed by atoms with Crippen LogP contribution in [0.1, 0.15) is 27.2 Å². The summed E-state index contributed by atoms with van der Waals surface area (Å²) in [5.74, 6) is -1.01. The molecule has 1 fully saturated rings. The Morgan fingerprint density at radius 1 is 1.36 bits per heavy atom. The zero-order valence-corrected chi connectivity index (χ0v) is 16.7. The Morgan fingerprint density at radius 3 is 2.54 bits per heavy atom. The monoisotopic (exact) mass is 396 g/mol. The number of rotatable bonds is 9. The molecule has 2 atom stereocenters. The minimum atomic E-state index is -0.783. The minimum absolute atomic E-state index is 0.0138. The van der Waals surface area contributed by atoms with Crippen LogP contribution in [0.25, 0.3) is 0 Å². The van der Waals surface area contributed by atoms with Crippen LogP contribution in [0.3, 0.4) is 0 Å². The quantitative estimate of drug-likeness (QED) is 0.559. The predicted octanol–water partition coefficient (Wildman–Crippen LogP) is -0.0466. The molecule has 10 heteroatoms. The van der Waals surface area contributed by atoms with Crippen molar-refractivity contribution in [3.8, 4) is 0 Å². The highest BCUT2D eigenvalue weighted by Crippen LogP contribution is 2.38. The molecule has 2 rings (SSSR count). The number of H-pyrrole nitrogens is 1. The predicted molar refractivity (Wildman–Crippen MR) is 103 cm³/mol. The van der Waals surface area contributed by atoms with Gasteiger partial charge in [0, 0.05) is 20.2 Å². The van der Waals surface area contributed by atoms with Crippen LogP contribution in [-0.2, 0) is 25.6 Å². The summed E-state index contributed by atoms with van der Waals surface area (Å²) in [4.78, 5) is 52.4. The molecule has 28 heavy (non-hydrogen) atoms. The molecule has 0 spiro atoms. The van der Waals surface area contributed by atoms with Crippen LogP contribution in [0.5, 0.6) is 0 Å². The summed E-state index contributed by atoms with van der Waals surface area (Å²) in [6, 6.07) is 0. The number of aromatic nitrogens is 2. The van der Waals surface area contributed by atoms with E-state index in [0.717, 1.165) is 11.3 Å². The number of nitrogens with one attached hydrogen (secondary N) is 1. The molecule has 1 saturated carbocycles. The fourth-order valence-electron chi connectivity index (χ4n) is 2.90. The molecule has 1 aromatic rings. The standard InChI is InChI=1S/C18H28N4O6/c1-10(2)8-22-15(19)14(16(24)20-18(22)26)21(5-6-27-4)13(23)9-28-17(25)12-7-11(12)3/h10-12H,5-9,19H2,1-4H3,(H,20,24,26)/t11-,12+/m0/s1. The van der Waals surface area contributed by atoms with E-state index in [-0.39, 0.29) is 49.0 Å². The molecule has 1 aliphatic carbocycles. The van der Waals surface area contributed by atoms with Gasteiger partial charge in [0.15, 0.2) is 12.3 Å². The first-order chi connectivity index (χ1) is 13.2. The smallest absolute Gasteiger partial charge is 0.330 e. The number of aromatic amines is 1. The number of nitrogens with zero attached hydrogens (tertiary/aromatic N) is 2. The molecule has 0 saturated heterocycles. The number of carbonyl (C=O) groups is 2. The van der Waals surface area contributed by atoms with Crippen LogP contribution in [0.2, 0.25) is 0 Å². The van der Waals surface area contributed by atoms with Crippen LogP contribution in [0.15, 0.2) is 9.59 Å². The zero-order valence-electron chi connectivity index (χ0n) is 16.7. The average molecular weight is 396 g/mol. The van der Waals surface area contributed by atoms with Crippen molar-refractivity contribution < 1.29 is 19.1 Å². The van der Waals surface area contributed by atoms with E-state index in [1.165, 1.54) is 11.7 Å². The van der Waals surface area contributed by atoms with Crippen molar-refractivity contribution in [3.05, 3.63) is 20.8 Å². The van der Waals surface area contributed by atoms with E-state index in [1.54, 1.807) is 0 Å². The molecule has 1 aliphatic rings. The highest BCUT2D eigenvalue weighted by atomic mass is 16.5. The zero-order chi connectivity index (χ0) is 21.0. The van der Waals surface area contributed by atoms with E-state index in [4.69, 9.17) is 15.2 Å². The van der Waals surface area contributed by atoms with Crippen LogP contribution >= 0.6 is 0 Å². The summed E-state index contributed by atoms with van der Waals surface area (Å²) in [6.45, 7) is 5.60. The summed E-state index contributed by atoms with van der Waals surface area (Å²) in [6.07, 6.45) is 0.743. The lowest BCUT2D eigenvalue weighted by Crippen LogP contribution is -2.44. The number of nitrogens with two attached hydrogens (primary N) is 1. The van der Waals surface area contributed by atoms with E-state index in [0.29, 0.717) is 0 Å². The van der Waals surface area contributed by atoms with E-state index < -0.39 is 29.7 Å². The van der Waals surface area contributed by atoms with Crippen LogP contribution in [-0.4, -0.2) is 48.3 Å². The second-order valence-corrected chi connectivity index (χ2v) is 7.46. The number of hydrogen-bond donors (Lipinski definition) is 2. The number of esters is 1. The first-order valence-electron chi connectivity index (χ1n) is 9.25. The molecule has 0 radical (unpaired) electrons. The van der Waals surface area contributed by atoms with Gasteiger partial charge < -0.3 is 15.2 Å². The second kappa shape index (κ2) is 9.05. The first-order valence-corrected chi connectivity index (χ1v) is 9.25. The molecule has 1 aromatic heterocycles. The Morgan fingerprint density at radius 2 is 2.00 bits per heavy atom. The van der Waals surface area contributed by atoms with E-state index >= 15 is 0 Å². The SMILES string of the molecule is COCCN(C(=O)COC(=O)[C@@H]1C[C@@H]1C)c1c(N)n(CC(C)C)c(=O)[nH]c1=O. The number of amides is 1. The summed E-state index contributed by atoms with van der Waals surface area (Å²) in [7, 11) is 1.45. The van der Waals surface area contributed by atoms with Gasteiger partial charge in [0.05, 0.1) is 12.5 Å². The fourth-order valence-corrected chi connectivity index (χ4v) is 2.90. The summed E-state index contributed by atoms with van der Waals surface area (Å²) in [5.41, 5.74) is 4.49. The van der Waals surface area contributed by atoms with Gasteiger partial charge in [-0.3, -0.25) is 28.8 Å². The van der Waals surface area contributed by atoms with Crippen molar-refractivity contribution in [2.24, 2.45) is 17.8 Å². The number of carbonyl (C=O) groups excluding carboxylic acids is 2. The molecule has 0 aromatic carbocycles.